The van der Waals surface area contributed by atoms with E-state index in [9.17, 15) is 13.6 Å². The molecule has 0 atom stereocenters. The average molecular weight is 219 g/mol. The van der Waals surface area contributed by atoms with Gasteiger partial charge in [-0.3, -0.25) is 4.79 Å². The second-order valence-corrected chi connectivity index (χ2v) is 3.18. The van der Waals surface area contributed by atoms with Crippen molar-refractivity contribution in [3.8, 4) is 0 Å². The van der Waals surface area contributed by atoms with E-state index in [1.54, 1.807) is 12.2 Å². The first-order valence-electron chi connectivity index (χ1n) is 4.56. The minimum Gasteiger partial charge on any atom is -0.319 e. The quantitative estimate of drug-likeness (QED) is 0.761. The van der Waals surface area contributed by atoms with Crippen LogP contribution in [0.2, 0.25) is 0 Å². The molecule has 0 bridgehead atoms. The maximum Gasteiger partial charge on any atom is 0.256 e. The van der Waals surface area contributed by atoms with Gasteiger partial charge in [0.25, 0.3) is 5.91 Å². The smallest absolute Gasteiger partial charge is 0.256 e. The average Bonchev–Trinajstić information content (AvgIpc) is 2.75. The van der Waals surface area contributed by atoms with Gasteiger partial charge in [0, 0.05) is 11.6 Å². The van der Waals surface area contributed by atoms with Crippen molar-refractivity contribution in [3.63, 3.8) is 0 Å². The Morgan fingerprint density at radius 3 is 2.75 bits per heavy atom. The van der Waals surface area contributed by atoms with Gasteiger partial charge < -0.3 is 5.32 Å². The van der Waals surface area contributed by atoms with Gasteiger partial charge in [0.1, 0.15) is 11.6 Å². The van der Waals surface area contributed by atoms with E-state index in [1.165, 1.54) is 12.1 Å². The van der Waals surface area contributed by atoms with E-state index >= 15 is 0 Å². The van der Waals surface area contributed by atoms with Crippen molar-refractivity contribution in [2.75, 3.05) is 5.32 Å². The van der Waals surface area contributed by atoms with Gasteiger partial charge in [0.15, 0.2) is 0 Å². The molecule has 0 saturated heterocycles. The monoisotopic (exact) mass is 219 g/mol. The minimum absolute atomic E-state index is 0.0485. The Hall–Kier alpha value is -2.19. The number of nitrogens with one attached hydrogen (secondary N) is 1. The predicted octanol–water partition coefficient (Wildman–Crippen LogP) is 2.55. The van der Waals surface area contributed by atoms with Gasteiger partial charge in [0.05, 0.1) is 5.69 Å². The lowest BCUT2D eigenvalue weighted by Crippen LogP contribution is -2.13. The summed E-state index contributed by atoms with van der Waals surface area (Å²) in [5.74, 6) is -1.94. The number of amides is 1. The number of allylic oxidation sites excluding steroid dienone is 1. The number of benzene rings is 1. The molecule has 1 amide bonds. The van der Waals surface area contributed by atoms with Crippen molar-refractivity contribution in [2.45, 2.75) is 0 Å². The topological polar surface area (TPSA) is 29.1 Å². The van der Waals surface area contributed by atoms with E-state index in [1.807, 2.05) is 0 Å². The lowest BCUT2D eigenvalue weighted by Gasteiger charge is -2.05. The van der Waals surface area contributed by atoms with E-state index in [2.05, 4.69) is 11.0 Å². The highest BCUT2D eigenvalue weighted by atomic mass is 19.1. The fourth-order valence-corrected chi connectivity index (χ4v) is 1.25. The summed E-state index contributed by atoms with van der Waals surface area (Å²) in [4.78, 5) is 11.5. The van der Waals surface area contributed by atoms with Crippen molar-refractivity contribution < 1.29 is 13.6 Å². The van der Waals surface area contributed by atoms with Crippen molar-refractivity contribution in [3.05, 3.63) is 59.4 Å². The maximum absolute atomic E-state index is 13.2. The normalized spacial score (nSPS) is 12.8. The fourth-order valence-electron chi connectivity index (χ4n) is 1.25. The van der Waals surface area contributed by atoms with Gasteiger partial charge in [-0.2, -0.15) is 0 Å². The molecule has 2 nitrogen and oxygen atoms in total. The Morgan fingerprint density at radius 1 is 1.31 bits per heavy atom. The van der Waals surface area contributed by atoms with Crippen LogP contribution in [0.1, 0.15) is 0 Å². The first-order valence-corrected chi connectivity index (χ1v) is 4.56. The molecular formula is C12H7F2NO. The molecule has 2 rings (SSSR count). The van der Waals surface area contributed by atoms with Crippen LogP contribution in [0, 0.1) is 11.6 Å². The fraction of sp³-hybridized carbons (Fsp3) is 0. The van der Waals surface area contributed by atoms with Gasteiger partial charge >= 0.3 is 0 Å². The largest absolute Gasteiger partial charge is 0.319 e. The number of hydrogen-bond acceptors (Lipinski definition) is 1. The van der Waals surface area contributed by atoms with Crippen LogP contribution >= 0.6 is 0 Å². The SMILES string of the molecule is O=C(Nc1ccc(F)cc1F)C1=CC=C=C1. The summed E-state index contributed by atoms with van der Waals surface area (Å²) in [6.45, 7) is 0. The third-order valence-electron chi connectivity index (χ3n) is 2.04. The molecule has 0 saturated carbocycles. The highest BCUT2D eigenvalue weighted by Crippen LogP contribution is 2.16. The molecule has 0 aliphatic heterocycles. The Labute approximate surface area is 90.6 Å². The van der Waals surface area contributed by atoms with Crippen molar-refractivity contribution in [1.82, 2.24) is 0 Å². The number of carbonyl (C=O) groups is 1. The van der Waals surface area contributed by atoms with E-state index in [4.69, 9.17) is 0 Å². The van der Waals surface area contributed by atoms with Gasteiger partial charge in [0.2, 0.25) is 0 Å². The Bertz CT molecular complexity index is 540. The zero-order chi connectivity index (χ0) is 11.5. The van der Waals surface area contributed by atoms with Crippen LogP contribution in [0.3, 0.4) is 0 Å². The van der Waals surface area contributed by atoms with Gasteiger partial charge in [-0.15, -0.1) is 5.73 Å². The first-order chi connectivity index (χ1) is 7.66. The molecule has 0 radical (unpaired) electrons. The van der Waals surface area contributed by atoms with Gasteiger partial charge in [-0.05, 0) is 30.4 Å². The molecule has 16 heavy (non-hydrogen) atoms. The maximum atomic E-state index is 13.2. The van der Waals surface area contributed by atoms with Crippen LogP contribution in [-0.4, -0.2) is 5.91 Å². The number of anilines is 1. The van der Waals surface area contributed by atoms with Crippen molar-refractivity contribution in [2.24, 2.45) is 0 Å². The van der Waals surface area contributed by atoms with E-state index in [-0.39, 0.29) is 5.69 Å². The number of rotatable bonds is 2. The molecule has 4 heteroatoms. The molecular weight excluding hydrogens is 212 g/mol. The third-order valence-corrected chi connectivity index (χ3v) is 2.04. The van der Waals surface area contributed by atoms with E-state index < -0.39 is 17.5 Å². The molecule has 0 aromatic heterocycles. The highest BCUT2D eigenvalue weighted by molar-refractivity contribution is 6.06. The molecule has 0 heterocycles. The molecule has 1 aliphatic rings. The van der Waals surface area contributed by atoms with Gasteiger partial charge in [-0.1, -0.05) is 0 Å². The molecule has 1 aliphatic carbocycles. The molecule has 80 valence electrons. The third kappa shape index (κ3) is 2.07. The molecule has 1 N–H and O–H groups in total. The molecule has 0 fully saturated rings. The summed E-state index contributed by atoms with van der Waals surface area (Å²) >= 11 is 0. The molecule has 1 aromatic carbocycles. The predicted molar refractivity (Wildman–Crippen MR) is 55.7 cm³/mol. The molecule has 0 unspecified atom stereocenters. The number of hydrogen-bond donors (Lipinski definition) is 1. The Morgan fingerprint density at radius 2 is 2.12 bits per heavy atom. The van der Waals surface area contributed by atoms with Crippen LogP contribution in [0.4, 0.5) is 14.5 Å². The van der Waals surface area contributed by atoms with Crippen LogP contribution in [0.25, 0.3) is 0 Å². The lowest BCUT2D eigenvalue weighted by molar-refractivity contribution is -0.112. The second-order valence-electron chi connectivity index (χ2n) is 3.18. The minimum atomic E-state index is -0.802. The summed E-state index contributed by atoms with van der Waals surface area (Å²) in [6, 6.07) is 2.97. The Balaban J connectivity index is 2.15. The molecule has 0 spiro atoms. The van der Waals surface area contributed by atoms with Crippen LogP contribution in [0.5, 0.6) is 0 Å². The Kier molecular flexibility index (Phi) is 2.66. The highest BCUT2D eigenvalue weighted by Gasteiger charge is 2.11. The zero-order valence-corrected chi connectivity index (χ0v) is 8.13. The first kappa shape index (κ1) is 10.3. The summed E-state index contributed by atoms with van der Waals surface area (Å²) in [6.07, 6.45) is 4.61. The van der Waals surface area contributed by atoms with Gasteiger partial charge in [-0.25, -0.2) is 8.78 Å². The summed E-state index contributed by atoms with van der Waals surface area (Å²) < 4.78 is 25.8. The van der Waals surface area contributed by atoms with Crippen LogP contribution in [0.15, 0.2) is 47.7 Å². The lowest BCUT2D eigenvalue weighted by atomic mass is 10.2. The van der Waals surface area contributed by atoms with Crippen LogP contribution < -0.4 is 5.32 Å². The van der Waals surface area contributed by atoms with Crippen molar-refractivity contribution >= 4 is 11.6 Å². The second kappa shape index (κ2) is 4.13. The summed E-state index contributed by atoms with van der Waals surface area (Å²) in [5, 5.41) is 2.34. The zero-order valence-electron chi connectivity index (χ0n) is 8.13. The van der Waals surface area contributed by atoms with Crippen LogP contribution in [-0.2, 0) is 4.79 Å². The summed E-state index contributed by atoms with van der Waals surface area (Å²) in [5.41, 5.74) is 3.04. The van der Waals surface area contributed by atoms with E-state index in [0.717, 1.165) is 6.07 Å². The standard InChI is InChI=1S/C12H7F2NO/c13-9-5-6-11(10(14)7-9)15-12(16)8-3-1-2-4-8/h1,3-7H,(H,15,16). The molecule has 1 aromatic rings. The summed E-state index contributed by atoms with van der Waals surface area (Å²) in [7, 11) is 0. The number of carbonyl (C=O) groups excluding carboxylic acids is 1. The number of halogens is 2. The van der Waals surface area contributed by atoms with E-state index in [0.29, 0.717) is 11.6 Å². The van der Waals surface area contributed by atoms with Crippen molar-refractivity contribution in [1.29, 1.82) is 0 Å².